The number of sulfonamides is 1. The monoisotopic (exact) mass is 344 g/mol. The number of aromatic nitrogens is 2. The minimum Gasteiger partial charge on any atom is -0.325 e. The van der Waals surface area contributed by atoms with E-state index < -0.39 is 21.7 Å². The number of rotatable bonds is 5. The van der Waals surface area contributed by atoms with E-state index >= 15 is 0 Å². The minimum absolute atomic E-state index is 0.527. The third kappa shape index (κ3) is 3.44. The van der Waals surface area contributed by atoms with Crippen molar-refractivity contribution in [2.24, 2.45) is 0 Å². The van der Waals surface area contributed by atoms with Gasteiger partial charge in [0.2, 0.25) is 15.9 Å². The van der Waals surface area contributed by atoms with Crippen molar-refractivity contribution >= 4 is 32.7 Å². The van der Waals surface area contributed by atoms with Gasteiger partial charge in [-0.1, -0.05) is 12.1 Å². The molecule has 124 valence electrons. The van der Waals surface area contributed by atoms with Crippen LogP contribution in [0.2, 0.25) is 0 Å². The van der Waals surface area contributed by atoms with Crippen LogP contribution in [0, 0.1) is 0 Å². The summed E-state index contributed by atoms with van der Waals surface area (Å²) in [6.07, 6.45) is 1.73. The second kappa shape index (κ2) is 6.42. The molecule has 3 rings (SSSR count). The number of imidazole rings is 1. The Morgan fingerprint density at radius 2 is 1.83 bits per heavy atom. The normalized spacial score (nSPS) is 11.5. The van der Waals surface area contributed by atoms with Crippen molar-refractivity contribution in [3.8, 4) is 5.69 Å². The van der Waals surface area contributed by atoms with Gasteiger partial charge in [0.15, 0.2) is 0 Å². The highest BCUT2D eigenvalue weighted by atomic mass is 32.2. The van der Waals surface area contributed by atoms with Crippen molar-refractivity contribution in [1.82, 2.24) is 14.3 Å². The van der Waals surface area contributed by atoms with Crippen LogP contribution in [0.15, 0.2) is 54.9 Å². The second-order valence-corrected chi connectivity index (χ2v) is 7.09. The topological polar surface area (TPSA) is 93.1 Å². The highest BCUT2D eigenvalue weighted by Gasteiger charge is 2.14. The van der Waals surface area contributed by atoms with Gasteiger partial charge >= 0.3 is 0 Å². The molecule has 8 heteroatoms. The first kappa shape index (κ1) is 16.2. The lowest BCUT2D eigenvalue weighted by Gasteiger charge is -2.08. The molecule has 1 aromatic heterocycles. The number of hydrogen-bond donors (Lipinski definition) is 2. The predicted molar refractivity (Wildman–Crippen MR) is 92.5 cm³/mol. The van der Waals surface area contributed by atoms with Gasteiger partial charge in [-0.25, -0.2) is 18.1 Å². The summed E-state index contributed by atoms with van der Waals surface area (Å²) in [6.45, 7) is 0. The molecule has 0 radical (unpaired) electrons. The summed E-state index contributed by atoms with van der Waals surface area (Å²) in [5, 5.41) is 2.56. The summed E-state index contributed by atoms with van der Waals surface area (Å²) in [5.74, 6) is -1.21. The van der Waals surface area contributed by atoms with Gasteiger partial charge in [-0.05, 0) is 43.4 Å². The molecule has 2 aromatic carbocycles. The average Bonchev–Trinajstić information content (AvgIpc) is 2.99. The van der Waals surface area contributed by atoms with Crippen LogP contribution in [0.25, 0.3) is 16.7 Å². The Kier molecular flexibility index (Phi) is 4.32. The maximum Gasteiger partial charge on any atom is 0.240 e. The fraction of sp³-hybridized carbons (Fsp3) is 0.125. The van der Waals surface area contributed by atoms with E-state index in [-0.39, 0.29) is 0 Å². The molecule has 0 aliphatic rings. The first-order valence-electron chi connectivity index (χ1n) is 7.22. The zero-order valence-electron chi connectivity index (χ0n) is 12.9. The van der Waals surface area contributed by atoms with E-state index in [2.05, 4.69) is 15.0 Å². The Morgan fingerprint density at radius 1 is 1.12 bits per heavy atom. The SMILES string of the molecule is CNS(=O)(=O)CC(=O)Nc1ccc(-n2cnc3ccccc32)cc1. The van der Waals surface area contributed by atoms with Crippen LogP contribution in [-0.2, 0) is 14.8 Å². The highest BCUT2D eigenvalue weighted by molar-refractivity contribution is 7.90. The van der Waals surface area contributed by atoms with Crippen molar-refractivity contribution in [2.75, 3.05) is 18.1 Å². The Morgan fingerprint density at radius 3 is 2.54 bits per heavy atom. The van der Waals surface area contributed by atoms with Crippen LogP contribution in [0.4, 0.5) is 5.69 Å². The molecule has 0 aliphatic heterocycles. The van der Waals surface area contributed by atoms with Gasteiger partial charge in [0, 0.05) is 11.4 Å². The second-order valence-electron chi connectivity index (χ2n) is 5.16. The standard InChI is InChI=1S/C16H16N4O3S/c1-17-24(22,23)10-16(21)19-12-6-8-13(9-7-12)20-11-18-14-4-2-3-5-15(14)20/h2-9,11,17H,10H2,1H3,(H,19,21). The molecule has 0 bridgehead atoms. The molecule has 3 aromatic rings. The van der Waals surface area contributed by atoms with E-state index in [4.69, 9.17) is 0 Å². The summed E-state index contributed by atoms with van der Waals surface area (Å²) >= 11 is 0. The number of para-hydroxylation sites is 2. The minimum atomic E-state index is -3.58. The maximum absolute atomic E-state index is 11.7. The molecule has 0 fully saturated rings. The molecule has 0 saturated heterocycles. The zero-order chi connectivity index (χ0) is 17.2. The first-order valence-corrected chi connectivity index (χ1v) is 8.87. The number of hydrogen-bond acceptors (Lipinski definition) is 4. The lowest BCUT2D eigenvalue weighted by atomic mass is 10.2. The number of amides is 1. The first-order chi connectivity index (χ1) is 11.5. The van der Waals surface area contributed by atoms with Crippen molar-refractivity contribution in [3.05, 3.63) is 54.9 Å². The molecule has 24 heavy (non-hydrogen) atoms. The molecule has 2 N–H and O–H groups in total. The van der Waals surface area contributed by atoms with Crippen molar-refractivity contribution in [3.63, 3.8) is 0 Å². The van der Waals surface area contributed by atoms with E-state index in [0.29, 0.717) is 5.69 Å². The third-order valence-electron chi connectivity index (χ3n) is 3.51. The molecule has 0 unspecified atom stereocenters. The van der Waals surface area contributed by atoms with Crippen LogP contribution in [-0.4, -0.2) is 36.7 Å². The van der Waals surface area contributed by atoms with Crippen LogP contribution < -0.4 is 10.0 Å². The summed E-state index contributed by atoms with van der Waals surface area (Å²) in [5.41, 5.74) is 3.30. The van der Waals surface area contributed by atoms with E-state index in [0.717, 1.165) is 16.7 Å². The van der Waals surface area contributed by atoms with Gasteiger partial charge in [-0.2, -0.15) is 0 Å². The number of nitrogens with one attached hydrogen (secondary N) is 2. The lowest BCUT2D eigenvalue weighted by molar-refractivity contribution is -0.113. The van der Waals surface area contributed by atoms with E-state index in [1.165, 1.54) is 7.05 Å². The molecular formula is C16H16N4O3S. The highest BCUT2D eigenvalue weighted by Crippen LogP contribution is 2.19. The number of nitrogens with zero attached hydrogens (tertiary/aromatic N) is 2. The molecule has 0 spiro atoms. The molecule has 1 heterocycles. The number of carbonyl (C=O) groups is 1. The summed E-state index contributed by atoms with van der Waals surface area (Å²) in [6, 6.07) is 14.9. The van der Waals surface area contributed by atoms with Gasteiger partial charge in [0.25, 0.3) is 0 Å². The largest absolute Gasteiger partial charge is 0.325 e. The molecule has 0 saturated carbocycles. The average molecular weight is 344 g/mol. The summed E-state index contributed by atoms with van der Waals surface area (Å²) in [4.78, 5) is 16.1. The molecule has 1 amide bonds. The van der Waals surface area contributed by atoms with E-state index in [1.807, 2.05) is 41.0 Å². The lowest BCUT2D eigenvalue weighted by Crippen LogP contribution is -2.30. The number of fused-ring (bicyclic) bond motifs is 1. The fourth-order valence-corrected chi connectivity index (χ4v) is 2.87. The Labute approximate surface area is 139 Å². The van der Waals surface area contributed by atoms with Gasteiger partial charge in [-0.3, -0.25) is 9.36 Å². The molecular weight excluding hydrogens is 328 g/mol. The summed E-state index contributed by atoms with van der Waals surface area (Å²) < 4.78 is 26.7. The van der Waals surface area contributed by atoms with Crippen molar-refractivity contribution < 1.29 is 13.2 Å². The maximum atomic E-state index is 11.7. The van der Waals surface area contributed by atoms with Gasteiger partial charge in [0.05, 0.1) is 11.0 Å². The van der Waals surface area contributed by atoms with Gasteiger partial charge in [-0.15, -0.1) is 0 Å². The number of benzene rings is 2. The number of anilines is 1. The van der Waals surface area contributed by atoms with Crippen molar-refractivity contribution in [1.29, 1.82) is 0 Å². The van der Waals surface area contributed by atoms with E-state index in [1.54, 1.807) is 18.5 Å². The van der Waals surface area contributed by atoms with E-state index in [9.17, 15) is 13.2 Å². The Bertz CT molecular complexity index is 978. The van der Waals surface area contributed by atoms with Crippen LogP contribution in [0.3, 0.4) is 0 Å². The fourth-order valence-electron chi connectivity index (χ4n) is 2.31. The van der Waals surface area contributed by atoms with Crippen LogP contribution in [0.1, 0.15) is 0 Å². The third-order valence-corrected chi connectivity index (χ3v) is 4.78. The van der Waals surface area contributed by atoms with Crippen molar-refractivity contribution in [2.45, 2.75) is 0 Å². The molecule has 0 aliphatic carbocycles. The number of carbonyl (C=O) groups excluding carboxylic acids is 1. The molecule has 0 atom stereocenters. The van der Waals surface area contributed by atoms with Gasteiger partial charge in [0.1, 0.15) is 12.1 Å². The smallest absolute Gasteiger partial charge is 0.240 e. The van der Waals surface area contributed by atoms with Crippen LogP contribution >= 0.6 is 0 Å². The molecule has 7 nitrogen and oxygen atoms in total. The van der Waals surface area contributed by atoms with Crippen LogP contribution in [0.5, 0.6) is 0 Å². The van der Waals surface area contributed by atoms with Gasteiger partial charge < -0.3 is 5.32 Å². The quantitative estimate of drug-likeness (QED) is 0.734. The summed E-state index contributed by atoms with van der Waals surface area (Å²) in [7, 11) is -2.31. The predicted octanol–water partition coefficient (Wildman–Crippen LogP) is 1.51. The zero-order valence-corrected chi connectivity index (χ0v) is 13.7. The Hall–Kier alpha value is -2.71. The Balaban J connectivity index is 1.77.